The van der Waals surface area contributed by atoms with Crippen molar-refractivity contribution in [3.8, 4) is 0 Å². The van der Waals surface area contributed by atoms with Crippen LogP contribution >= 0.6 is 24.0 Å². The van der Waals surface area contributed by atoms with Gasteiger partial charge in [-0.15, -0.1) is 24.0 Å². The number of rotatable bonds is 6. The van der Waals surface area contributed by atoms with Gasteiger partial charge in [-0.25, -0.2) is 0 Å². The Hall–Kier alpha value is -0.870. The molecular weight excluding hydrogens is 419 g/mol. The number of aromatic nitrogens is 2. The van der Waals surface area contributed by atoms with E-state index < -0.39 is 0 Å². The molecule has 1 aromatic rings. The lowest BCUT2D eigenvalue weighted by Crippen LogP contribution is -2.48. The maximum absolute atomic E-state index is 5.91. The lowest BCUT2D eigenvalue weighted by atomic mass is 10.1. The molecular formula is C16H31IN6O. The lowest BCUT2D eigenvalue weighted by Gasteiger charge is -2.34. The van der Waals surface area contributed by atoms with Crippen molar-refractivity contribution in [2.45, 2.75) is 20.0 Å². The number of aliphatic imine (C=N–C) groups is 1. The van der Waals surface area contributed by atoms with E-state index in [1.165, 1.54) is 0 Å². The predicted octanol–water partition coefficient (Wildman–Crippen LogP) is 1.33. The number of morpholine rings is 1. The molecule has 1 fully saturated rings. The number of nitrogens with one attached hydrogen (secondary N) is 1. The number of likely N-dealkylation sites (N-methyl/N-ethyl adjacent to an activating group) is 1. The van der Waals surface area contributed by atoms with Crippen LogP contribution in [-0.2, 0) is 11.8 Å². The fourth-order valence-electron chi connectivity index (χ4n) is 2.56. The molecule has 0 aliphatic carbocycles. The van der Waals surface area contributed by atoms with Crippen LogP contribution in [0.5, 0.6) is 0 Å². The van der Waals surface area contributed by atoms with Gasteiger partial charge in [0.1, 0.15) is 6.10 Å². The van der Waals surface area contributed by atoms with E-state index in [2.05, 4.69) is 41.1 Å². The molecule has 2 heterocycles. The van der Waals surface area contributed by atoms with Crippen molar-refractivity contribution in [1.29, 1.82) is 0 Å². The Bertz CT molecular complexity index is 507. The molecule has 24 heavy (non-hydrogen) atoms. The molecule has 7 nitrogen and oxygen atoms in total. The van der Waals surface area contributed by atoms with Gasteiger partial charge >= 0.3 is 0 Å². The molecule has 1 aliphatic rings. The van der Waals surface area contributed by atoms with E-state index in [4.69, 9.17) is 9.73 Å². The van der Waals surface area contributed by atoms with Crippen molar-refractivity contribution in [3.63, 3.8) is 0 Å². The average Bonchev–Trinajstić information content (AvgIpc) is 3.00. The number of nitrogens with zero attached hydrogens (tertiary/aromatic N) is 5. The molecule has 138 valence electrons. The first kappa shape index (κ1) is 21.2. The summed E-state index contributed by atoms with van der Waals surface area (Å²) in [6.07, 6.45) is 3.96. The fraction of sp³-hybridized carbons (Fsp3) is 0.750. The number of hydrogen-bond acceptors (Lipinski definition) is 4. The molecule has 1 unspecified atom stereocenters. The topological polar surface area (TPSA) is 57.9 Å². The summed E-state index contributed by atoms with van der Waals surface area (Å²) >= 11 is 0. The Kier molecular flexibility index (Phi) is 9.60. The molecule has 1 aromatic heterocycles. The second-order valence-corrected chi connectivity index (χ2v) is 5.88. The van der Waals surface area contributed by atoms with Crippen molar-refractivity contribution >= 4 is 29.9 Å². The van der Waals surface area contributed by atoms with Crippen molar-refractivity contribution in [1.82, 2.24) is 24.9 Å². The van der Waals surface area contributed by atoms with Gasteiger partial charge in [-0.3, -0.25) is 9.67 Å². The van der Waals surface area contributed by atoms with Crippen molar-refractivity contribution < 1.29 is 4.74 Å². The maximum atomic E-state index is 5.91. The molecule has 0 bridgehead atoms. The van der Waals surface area contributed by atoms with Gasteiger partial charge in [-0.05, 0) is 20.5 Å². The molecule has 1 N–H and O–H groups in total. The van der Waals surface area contributed by atoms with Crippen LogP contribution in [0.1, 0.15) is 25.5 Å². The number of guanidine groups is 1. The highest BCUT2D eigenvalue weighted by atomic mass is 127. The molecule has 0 saturated carbocycles. The summed E-state index contributed by atoms with van der Waals surface area (Å²) in [5.74, 6) is 0.981. The van der Waals surface area contributed by atoms with Crippen molar-refractivity contribution in [3.05, 3.63) is 18.0 Å². The average molecular weight is 450 g/mol. The molecule has 8 heteroatoms. The van der Waals surface area contributed by atoms with Crippen LogP contribution < -0.4 is 5.32 Å². The summed E-state index contributed by atoms with van der Waals surface area (Å²) in [4.78, 5) is 9.33. The van der Waals surface area contributed by atoms with Crippen LogP contribution in [0.4, 0.5) is 0 Å². The zero-order valence-electron chi connectivity index (χ0n) is 15.2. The van der Waals surface area contributed by atoms with Crippen LogP contribution in [0.3, 0.4) is 0 Å². The minimum atomic E-state index is 0. The second kappa shape index (κ2) is 10.9. The molecule has 1 saturated heterocycles. The summed E-state index contributed by atoms with van der Waals surface area (Å²) < 4.78 is 7.73. The maximum Gasteiger partial charge on any atom is 0.194 e. The Balaban J connectivity index is 0.00000288. The Morgan fingerprint density at radius 1 is 1.50 bits per heavy atom. The van der Waals surface area contributed by atoms with Crippen LogP contribution in [0.15, 0.2) is 17.4 Å². The SMILES string of the molecule is CCNC(=NCCN(C)CC)N1CCOC(c2cnn(C)c2)C1.I. The first-order valence-corrected chi connectivity index (χ1v) is 8.46. The minimum absolute atomic E-state index is 0. The van der Waals surface area contributed by atoms with Gasteiger partial charge in [0.05, 0.1) is 25.9 Å². The van der Waals surface area contributed by atoms with Crippen LogP contribution in [0, 0.1) is 0 Å². The lowest BCUT2D eigenvalue weighted by molar-refractivity contribution is -0.00804. The van der Waals surface area contributed by atoms with E-state index in [0.717, 1.165) is 50.8 Å². The molecule has 1 aliphatic heterocycles. The van der Waals surface area contributed by atoms with Gasteiger partial charge in [0.2, 0.25) is 0 Å². The minimum Gasteiger partial charge on any atom is -0.370 e. The first-order valence-electron chi connectivity index (χ1n) is 8.46. The van der Waals surface area contributed by atoms with Gasteiger partial charge in [0.25, 0.3) is 0 Å². The number of aryl methyl sites for hydroxylation is 1. The van der Waals surface area contributed by atoms with Gasteiger partial charge in [-0.2, -0.15) is 5.10 Å². The Labute approximate surface area is 162 Å². The van der Waals surface area contributed by atoms with Gasteiger partial charge in [0.15, 0.2) is 5.96 Å². The van der Waals surface area contributed by atoms with Crippen LogP contribution in [-0.4, -0.2) is 78.5 Å². The van der Waals surface area contributed by atoms with E-state index in [1.54, 1.807) is 0 Å². The zero-order chi connectivity index (χ0) is 16.7. The number of halogens is 1. The quantitative estimate of drug-likeness (QED) is 0.403. The second-order valence-electron chi connectivity index (χ2n) is 5.88. The summed E-state index contributed by atoms with van der Waals surface area (Å²) in [5.41, 5.74) is 1.12. The van der Waals surface area contributed by atoms with E-state index in [1.807, 2.05) is 24.1 Å². The predicted molar refractivity (Wildman–Crippen MR) is 108 cm³/mol. The monoisotopic (exact) mass is 450 g/mol. The molecule has 0 aromatic carbocycles. The zero-order valence-corrected chi connectivity index (χ0v) is 17.6. The van der Waals surface area contributed by atoms with Crippen molar-refractivity contribution in [2.24, 2.45) is 12.0 Å². The number of hydrogen-bond donors (Lipinski definition) is 1. The summed E-state index contributed by atoms with van der Waals surface area (Å²) in [5, 5.41) is 7.65. The molecule has 2 rings (SSSR count). The smallest absolute Gasteiger partial charge is 0.194 e. The van der Waals surface area contributed by atoms with Crippen LogP contribution in [0.25, 0.3) is 0 Å². The molecule has 0 radical (unpaired) electrons. The fourth-order valence-corrected chi connectivity index (χ4v) is 2.56. The standard InChI is InChI=1S/C16H30N6O.HI/c1-5-17-16(18-7-8-20(3)6-2)22-9-10-23-15(13-22)14-11-19-21(4)12-14;/h11-12,15H,5-10,13H2,1-4H3,(H,17,18);1H. The highest BCUT2D eigenvalue weighted by Gasteiger charge is 2.25. The highest BCUT2D eigenvalue weighted by molar-refractivity contribution is 14.0. The van der Waals surface area contributed by atoms with Gasteiger partial charge in [0, 0.05) is 38.4 Å². The third kappa shape index (κ3) is 6.21. The van der Waals surface area contributed by atoms with Crippen LogP contribution in [0.2, 0.25) is 0 Å². The number of ether oxygens (including phenoxy) is 1. The van der Waals surface area contributed by atoms with Gasteiger partial charge < -0.3 is 19.9 Å². The van der Waals surface area contributed by atoms with Crippen molar-refractivity contribution in [2.75, 3.05) is 52.9 Å². The normalized spacial score (nSPS) is 18.6. The van der Waals surface area contributed by atoms with E-state index >= 15 is 0 Å². The third-order valence-corrected chi connectivity index (χ3v) is 4.08. The third-order valence-electron chi connectivity index (χ3n) is 4.08. The summed E-state index contributed by atoms with van der Waals surface area (Å²) in [6.45, 7) is 10.3. The Morgan fingerprint density at radius 3 is 2.92 bits per heavy atom. The molecule has 1 atom stereocenters. The first-order chi connectivity index (χ1) is 11.1. The summed E-state index contributed by atoms with van der Waals surface area (Å²) in [7, 11) is 4.05. The van der Waals surface area contributed by atoms with E-state index in [-0.39, 0.29) is 30.1 Å². The molecule has 0 spiro atoms. The van der Waals surface area contributed by atoms with Gasteiger partial charge in [-0.1, -0.05) is 6.92 Å². The largest absolute Gasteiger partial charge is 0.370 e. The highest BCUT2D eigenvalue weighted by Crippen LogP contribution is 2.21. The molecule has 0 amide bonds. The van der Waals surface area contributed by atoms with E-state index in [0.29, 0.717) is 6.61 Å². The van der Waals surface area contributed by atoms with E-state index in [9.17, 15) is 0 Å². The summed E-state index contributed by atoms with van der Waals surface area (Å²) in [6, 6.07) is 0. The Morgan fingerprint density at radius 2 is 2.29 bits per heavy atom.